The minimum Gasteiger partial charge on any atom is -0.478 e. The van der Waals surface area contributed by atoms with Gasteiger partial charge in [-0.15, -0.1) is 0 Å². The molecule has 1 aliphatic rings. The van der Waals surface area contributed by atoms with Crippen LogP contribution in [-0.4, -0.2) is 42.3 Å². The molecule has 1 unspecified atom stereocenters. The fourth-order valence-corrected chi connectivity index (χ4v) is 5.58. The number of carbonyl (C=O) groups is 2. The molecular formula is C30H27N3O6S. The standard InChI is InChI=1S/C30H27N3O6S/c1-5-38-29(37)25-17(2)31-30-33(26(25)19-10-12-21(13-11-19)32(3)4)27(34)24(40-30)16-22-14-15-23(39-22)18-6-8-20(9-7-18)28(35)36/h6-16,26H,5H2,1-4H3,(H,35,36). The van der Waals surface area contributed by atoms with E-state index in [9.17, 15) is 14.4 Å². The molecule has 40 heavy (non-hydrogen) atoms. The maximum atomic E-state index is 13.8. The lowest BCUT2D eigenvalue weighted by Gasteiger charge is -2.25. The molecule has 204 valence electrons. The number of hydrogen-bond acceptors (Lipinski definition) is 8. The van der Waals surface area contributed by atoms with Gasteiger partial charge in [0.15, 0.2) is 4.80 Å². The molecule has 4 aromatic rings. The number of furan rings is 1. The first-order valence-corrected chi connectivity index (χ1v) is 13.4. The monoisotopic (exact) mass is 557 g/mol. The molecule has 0 saturated heterocycles. The van der Waals surface area contributed by atoms with E-state index >= 15 is 0 Å². The number of thiazole rings is 1. The highest BCUT2D eigenvalue weighted by Crippen LogP contribution is 2.31. The quantitative estimate of drug-likeness (QED) is 0.344. The Morgan fingerprint density at radius 3 is 2.42 bits per heavy atom. The molecule has 1 aliphatic heterocycles. The lowest BCUT2D eigenvalue weighted by molar-refractivity contribution is -0.139. The molecule has 1 N–H and O–H groups in total. The van der Waals surface area contributed by atoms with Crippen LogP contribution in [0.4, 0.5) is 5.69 Å². The molecular weight excluding hydrogens is 530 g/mol. The van der Waals surface area contributed by atoms with Gasteiger partial charge in [0.2, 0.25) is 0 Å². The molecule has 1 atom stereocenters. The topological polar surface area (TPSA) is 114 Å². The number of benzene rings is 2. The van der Waals surface area contributed by atoms with Gasteiger partial charge < -0.3 is 19.2 Å². The number of aromatic carboxylic acids is 1. The average Bonchev–Trinajstić information content (AvgIpc) is 3.52. The van der Waals surface area contributed by atoms with Gasteiger partial charge in [-0.3, -0.25) is 9.36 Å². The van der Waals surface area contributed by atoms with E-state index in [2.05, 4.69) is 4.99 Å². The zero-order valence-corrected chi connectivity index (χ0v) is 23.2. The molecule has 3 heterocycles. The summed E-state index contributed by atoms with van der Waals surface area (Å²) in [6.07, 6.45) is 1.65. The molecule has 2 aromatic carbocycles. The highest BCUT2D eigenvalue weighted by molar-refractivity contribution is 7.07. The van der Waals surface area contributed by atoms with E-state index in [0.717, 1.165) is 11.3 Å². The van der Waals surface area contributed by atoms with Gasteiger partial charge in [-0.25, -0.2) is 14.6 Å². The number of aromatic nitrogens is 1. The molecule has 5 rings (SSSR count). The Morgan fingerprint density at radius 1 is 1.10 bits per heavy atom. The number of ether oxygens (including phenoxy) is 1. The van der Waals surface area contributed by atoms with Gasteiger partial charge in [-0.1, -0.05) is 35.6 Å². The van der Waals surface area contributed by atoms with E-state index in [1.807, 2.05) is 43.3 Å². The number of esters is 1. The summed E-state index contributed by atoms with van der Waals surface area (Å²) in [5.74, 6) is -0.522. The maximum Gasteiger partial charge on any atom is 0.338 e. The van der Waals surface area contributed by atoms with Gasteiger partial charge in [0.1, 0.15) is 11.5 Å². The molecule has 0 saturated carbocycles. The normalized spacial score (nSPS) is 15.0. The molecule has 0 radical (unpaired) electrons. The van der Waals surface area contributed by atoms with Crippen molar-refractivity contribution in [1.82, 2.24) is 4.57 Å². The Morgan fingerprint density at radius 2 is 1.80 bits per heavy atom. The molecule has 0 fully saturated rings. The fourth-order valence-electron chi connectivity index (χ4n) is 4.55. The Balaban J connectivity index is 1.59. The second kappa shape index (κ2) is 10.8. The second-order valence-electron chi connectivity index (χ2n) is 9.37. The smallest absolute Gasteiger partial charge is 0.338 e. The second-order valence-corrected chi connectivity index (χ2v) is 10.4. The first-order chi connectivity index (χ1) is 19.2. The van der Waals surface area contributed by atoms with Crippen LogP contribution in [-0.2, 0) is 9.53 Å². The zero-order valence-electron chi connectivity index (χ0n) is 22.4. The predicted molar refractivity (Wildman–Crippen MR) is 152 cm³/mol. The SMILES string of the molecule is CCOC(=O)C1=C(C)N=c2sc(=Cc3ccc(-c4ccc(C(=O)O)cc4)o3)c(=O)n2C1c1ccc(N(C)C)cc1. The van der Waals surface area contributed by atoms with Crippen molar-refractivity contribution in [2.24, 2.45) is 4.99 Å². The number of carboxylic acid groups (broad SMARTS) is 1. The lowest BCUT2D eigenvalue weighted by atomic mass is 9.95. The number of hydrogen-bond donors (Lipinski definition) is 1. The van der Waals surface area contributed by atoms with Gasteiger partial charge in [-0.05, 0) is 55.8 Å². The summed E-state index contributed by atoms with van der Waals surface area (Å²) in [6.45, 7) is 3.69. The maximum absolute atomic E-state index is 13.8. The summed E-state index contributed by atoms with van der Waals surface area (Å²) in [6, 6.07) is 16.8. The summed E-state index contributed by atoms with van der Waals surface area (Å²) >= 11 is 1.21. The van der Waals surface area contributed by atoms with Crippen molar-refractivity contribution in [3.63, 3.8) is 0 Å². The Labute approximate surface area is 233 Å². The number of rotatable bonds is 7. The molecule has 0 aliphatic carbocycles. The van der Waals surface area contributed by atoms with E-state index < -0.39 is 18.0 Å². The number of nitrogens with zero attached hydrogens (tertiary/aromatic N) is 3. The van der Waals surface area contributed by atoms with Crippen molar-refractivity contribution in [3.05, 3.63) is 109 Å². The van der Waals surface area contributed by atoms with Crippen LogP contribution in [0.25, 0.3) is 17.4 Å². The number of carboxylic acids is 1. The molecule has 9 nitrogen and oxygen atoms in total. The zero-order chi connectivity index (χ0) is 28.6. The number of anilines is 1. The van der Waals surface area contributed by atoms with Crippen LogP contribution >= 0.6 is 11.3 Å². The predicted octanol–water partition coefficient (Wildman–Crippen LogP) is 3.82. The van der Waals surface area contributed by atoms with Gasteiger partial charge in [0.05, 0.1) is 34.0 Å². The highest BCUT2D eigenvalue weighted by atomic mass is 32.1. The summed E-state index contributed by atoms with van der Waals surface area (Å²) in [5.41, 5.74) is 3.16. The van der Waals surface area contributed by atoms with Gasteiger partial charge in [0.25, 0.3) is 5.56 Å². The van der Waals surface area contributed by atoms with Crippen molar-refractivity contribution in [3.8, 4) is 11.3 Å². The largest absolute Gasteiger partial charge is 0.478 e. The van der Waals surface area contributed by atoms with Crippen LogP contribution < -0.4 is 19.8 Å². The minimum atomic E-state index is -1.00. The summed E-state index contributed by atoms with van der Waals surface area (Å²) in [5, 5.41) is 9.13. The summed E-state index contributed by atoms with van der Waals surface area (Å²) in [7, 11) is 3.88. The van der Waals surface area contributed by atoms with Crippen molar-refractivity contribution in [2.45, 2.75) is 19.9 Å². The minimum absolute atomic E-state index is 0.181. The van der Waals surface area contributed by atoms with E-state index in [1.165, 1.54) is 28.0 Å². The van der Waals surface area contributed by atoms with Crippen LogP contribution in [0.5, 0.6) is 0 Å². The van der Waals surface area contributed by atoms with Crippen LogP contribution in [0.1, 0.15) is 41.6 Å². The van der Waals surface area contributed by atoms with Crippen LogP contribution in [0.15, 0.2) is 86.1 Å². The molecule has 10 heteroatoms. The number of allylic oxidation sites excluding steroid dienone is 1. The van der Waals surface area contributed by atoms with Crippen molar-refractivity contribution in [2.75, 3.05) is 25.6 Å². The Kier molecular flexibility index (Phi) is 7.27. The van der Waals surface area contributed by atoms with E-state index in [1.54, 1.807) is 44.2 Å². The molecule has 0 amide bonds. The van der Waals surface area contributed by atoms with Crippen LogP contribution in [0.3, 0.4) is 0 Å². The molecule has 0 bridgehead atoms. The van der Waals surface area contributed by atoms with E-state index in [0.29, 0.717) is 37.7 Å². The Hall–Kier alpha value is -4.70. The van der Waals surface area contributed by atoms with Crippen LogP contribution in [0, 0.1) is 0 Å². The van der Waals surface area contributed by atoms with E-state index in [-0.39, 0.29) is 17.7 Å². The van der Waals surface area contributed by atoms with Gasteiger partial charge >= 0.3 is 11.9 Å². The third-order valence-corrected chi connectivity index (χ3v) is 7.54. The number of fused-ring (bicyclic) bond motifs is 1. The van der Waals surface area contributed by atoms with Gasteiger partial charge in [0, 0.05) is 31.4 Å². The van der Waals surface area contributed by atoms with Crippen molar-refractivity contribution >= 4 is 35.0 Å². The summed E-state index contributed by atoms with van der Waals surface area (Å²) in [4.78, 5) is 45.0. The summed E-state index contributed by atoms with van der Waals surface area (Å²) < 4.78 is 13.2. The lowest BCUT2D eigenvalue weighted by Crippen LogP contribution is -2.39. The fraction of sp³-hybridized carbons (Fsp3) is 0.200. The Bertz CT molecular complexity index is 1810. The average molecular weight is 558 g/mol. The van der Waals surface area contributed by atoms with E-state index in [4.69, 9.17) is 14.3 Å². The number of carbonyl (C=O) groups excluding carboxylic acids is 1. The first-order valence-electron chi connectivity index (χ1n) is 12.6. The third kappa shape index (κ3) is 5.01. The van der Waals surface area contributed by atoms with Crippen molar-refractivity contribution < 1.29 is 23.8 Å². The van der Waals surface area contributed by atoms with Crippen LogP contribution in [0.2, 0.25) is 0 Å². The highest BCUT2D eigenvalue weighted by Gasteiger charge is 2.33. The third-order valence-electron chi connectivity index (χ3n) is 6.56. The molecule has 0 spiro atoms. The molecule has 2 aromatic heterocycles. The first kappa shape index (κ1) is 26.9. The van der Waals surface area contributed by atoms with Gasteiger partial charge in [-0.2, -0.15) is 0 Å². The van der Waals surface area contributed by atoms with Crippen molar-refractivity contribution in [1.29, 1.82) is 0 Å².